The lowest BCUT2D eigenvalue weighted by Gasteiger charge is -2.35. The SMILES string of the molecule is COc1ccc2ncc(=O)n(CCN[C@H]3CC[C@@H]4[C@@H](C3)OC(O)N4c3ccc4c(n3)NC(=O)CO4)c2n1. The highest BCUT2D eigenvalue weighted by Crippen LogP contribution is 2.38. The number of methoxy groups -OCH3 is 1. The van der Waals surface area contributed by atoms with Gasteiger partial charge in [-0.3, -0.25) is 14.2 Å². The van der Waals surface area contributed by atoms with Gasteiger partial charge in [-0.25, -0.2) is 9.97 Å². The Morgan fingerprint density at radius 3 is 2.97 bits per heavy atom. The molecule has 5 heterocycles. The zero-order chi connectivity index (χ0) is 25.5. The summed E-state index contributed by atoms with van der Waals surface area (Å²) >= 11 is 0. The van der Waals surface area contributed by atoms with Crippen LogP contribution in [0.25, 0.3) is 11.2 Å². The van der Waals surface area contributed by atoms with Crippen LogP contribution in [0.5, 0.6) is 11.6 Å². The number of carbonyl (C=O) groups excluding carboxylic acids is 1. The molecule has 0 radical (unpaired) electrons. The van der Waals surface area contributed by atoms with E-state index in [1.54, 1.807) is 33.7 Å². The van der Waals surface area contributed by atoms with Gasteiger partial charge in [0.15, 0.2) is 23.8 Å². The lowest BCUT2D eigenvalue weighted by atomic mass is 9.88. The number of nitrogens with one attached hydrogen (secondary N) is 2. The van der Waals surface area contributed by atoms with Crippen molar-refractivity contribution in [1.82, 2.24) is 24.8 Å². The van der Waals surface area contributed by atoms with E-state index in [-0.39, 0.29) is 36.3 Å². The van der Waals surface area contributed by atoms with E-state index in [9.17, 15) is 14.7 Å². The maximum absolute atomic E-state index is 12.5. The number of rotatable bonds is 6. The molecule has 3 aromatic rings. The largest absolute Gasteiger partial charge is 0.481 e. The number of pyridine rings is 2. The molecule has 6 rings (SSSR count). The second-order valence-electron chi connectivity index (χ2n) is 9.24. The Kier molecular flexibility index (Phi) is 6.10. The van der Waals surface area contributed by atoms with Gasteiger partial charge in [-0.05, 0) is 37.5 Å². The second kappa shape index (κ2) is 9.57. The molecule has 1 saturated carbocycles. The van der Waals surface area contributed by atoms with Gasteiger partial charge in [-0.1, -0.05) is 0 Å². The highest BCUT2D eigenvalue weighted by atomic mass is 16.6. The quantitative estimate of drug-likeness (QED) is 0.418. The van der Waals surface area contributed by atoms with Gasteiger partial charge in [-0.2, -0.15) is 4.98 Å². The average molecular weight is 510 g/mol. The van der Waals surface area contributed by atoms with Gasteiger partial charge in [0.05, 0.1) is 25.5 Å². The standard InChI is InChI=1S/C24H27N7O6/c1-35-20-7-3-14-23(29-20)30(21(33)11-26-14)9-8-25-13-2-4-15-17(10-13)37-24(34)31(15)18-6-5-16-22(27-18)28-19(32)12-36-16/h3,5-7,11,13,15,17,24-25,34H,2,4,8-10,12H2,1H3,(H,27,28,32)/t13-,15+,17+,24?/m0/s1. The van der Waals surface area contributed by atoms with Gasteiger partial charge < -0.3 is 34.9 Å². The van der Waals surface area contributed by atoms with Crippen LogP contribution in [0.4, 0.5) is 11.6 Å². The summed E-state index contributed by atoms with van der Waals surface area (Å²) in [4.78, 5) is 39.0. The van der Waals surface area contributed by atoms with Gasteiger partial charge in [0.2, 0.25) is 12.3 Å². The van der Waals surface area contributed by atoms with E-state index in [1.807, 2.05) is 0 Å². The molecule has 2 aliphatic heterocycles. The molecule has 194 valence electrons. The van der Waals surface area contributed by atoms with Gasteiger partial charge in [0.1, 0.15) is 11.3 Å². The number of aliphatic hydroxyl groups is 1. The Hall–Kier alpha value is -3.81. The van der Waals surface area contributed by atoms with Gasteiger partial charge >= 0.3 is 0 Å². The Balaban J connectivity index is 1.10. The average Bonchev–Trinajstić information content (AvgIpc) is 3.24. The second-order valence-corrected chi connectivity index (χ2v) is 9.24. The number of fused-ring (bicyclic) bond motifs is 3. The summed E-state index contributed by atoms with van der Waals surface area (Å²) in [6, 6.07) is 7.09. The minimum atomic E-state index is -1.14. The lowest BCUT2D eigenvalue weighted by Crippen LogP contribution is -2.47. The van der Waals surface area contributed by atoms with Crippen LogP contribution >= 0.6 is 0 Å². The zero-order valence-electron chi connectivity index (χ0n) is 20.2. The molecule has 0 spiro atoms. The molecule has 1 amide bonds. The van der Waals surface area contributed by atoms with E-state index in [1.165, 1.54) is 13.3 Å². The minimum Gasteiger partial charge on any atom is -0.481 e. The van der Waals surface area contributed by atoms with Gasteiger partial charge in [0, 0.05) is 25.2 Å². The molecule has 1 saturated heterocycles. The number of anilines is 2. The molecular formula is C24H27N7O6. The van der Waals surface area contributed by atoms with Gasteiger partial charge in [0.25, 0.3) is 11.5 Å². The summed E-state index contributed by atoms with van der Waals surface area (Å²) in [5.74, 6) is 1.51. The van der Waals surface area contributed by atoms with Crippen molar-refractivity contribution < 1.29 is 24.1 Å². The minimum absolute atomic E-state index is 0.0424. The van der Waals surface area contributed by atoms with Gasteiger partial charge in [-0.15, -0.1) is 0 Å². The fraction of sp³-hybridized carbons (Fsp3) is 0.458. The van der Waals surface area contributed by atoms with Crippen LogP contribution in [0.1, 0.15) is 19.3 Å². The summed E-state index contributed by atoms with van der Waals surface area (Å²) in [5, 5.41) is 16.9. The third kappa shape index (κ3) is 4.45. The first-order valence-corrected chi connectivity index (χ1v) is 12.2. The van der Waals surface area contributed by atoms with E-state index in [0.717, 1.165) is 12.8 Å². The molecule has 4 atom stereocenters. The van der Waals surface area contributed by atoms with Crippen LogP contribution in [0, 0.1) is 0 Å². The summed E-state index contributed by atoms with van der Waals surface area (Å²) < 4.78 is 18.1. The molecule has 1 aliphatic carbocycles. The van der Waals surface area contributed by atoms with E-state index in [2.05, 4.69) is 25.6 Å². The molecule has 3 N–H and O–H groups in total. The fourth-order valence-corrected chi connectivity index (χ4v) is 5.26. The topological polar surface area (TPSA) is 153 Å². The molecule has 37 heavy (non-hydrogen) atoms. The summed E-state index contributed by atoms with van der Waals surface area (Å²) in [5.41, 5.74) is 0.876. The van der Waals surface area contributed by atoms with Crippen LogP contribution in [-0.4, -0.2) is 75.4 Å². The van der Waals surface area contributed by atoms with Crippen LogP contribution in [0.2, 0.25) is 0 Å². The lowest BCUT2D eigenvalue weighted by molar-refractivity contribution is -0.118. The Bertz CT molecular complexity index is 1400. The van der Waals surface area contributed by atoms with Crippen molar-refractivity contribution in [3.05, 3.63) is 40.8 Å². The molecule has 13 heteroatoms. The highest BCUT2D eigenvalue weighted by molar-refractivity contribution is 5.94. The molecule has 0 bridgehead atoms. The van der Waals surface area contributed by atoms with Crippen LogP contribution in [0.15, 0.2) is 35.3 Å². The first kappa shape index (κ1) is 23.6. The normalized spacial score (nSPS) is 24.8. The van der Waals surface area contributed by atoms with Crippen molar-refractivity contribution in [1.29, 1.82) is 0 Å². The number of amides is 1. The maximum atomic E-state index is 12.5. The van der Waals surface area contributed by atoms with Crippen molar-refractivity contribution in [3.63, 3.8) is 0 Å². The Morgan fingerprint density at radius 1 is 1.22 bits per heavy atom. The predicted octanol–water partition coefficient (Wildman–Crippen LogP) is 0.218. The first-order valence-electron chi connectivity index (χ1n) is 12.2. The van der Waals surface area contributed by atoms with E-state index in [0.29, 0.717) is 53.9 Å². The molecule has 13 nitrogen and oxygen atoms in total. The number of carbonyl (C=O) groups is 1. The zero-order valence-corrected chi connectivity index (χ0v) is 20.2. The first-order chi connectivity index (χ1) is 18.0. The number of ether oxygens (including phenoxy) is 3. The van der Waals surface area contributed by atoms with Crippen LogP contribution < -0.4 is 30.6 Å². The summed E-state index contributed by atoms with van der Waals surface area (Å²) in [7, 11) is 1.53. The molecule has 3 aromatic heterocycles. The van der Waals surface area contributed by atoms with Crippen molar-refractivity contribution in [2.75, 3.05) is 30.5 Å². The highest BCUT2D eigenvalue weighted by Gasteiger charge is 2.45. The number of hydrogen-bond acceptors (Lipinski definition) is 11. The number of aliphatic hydroxyl groups excluding tert-OH is 1. The maximum Gasteiger partial charge on any atom is 0.270 e. The van der Waals surface area contributed by atoms with Crippen LogP contribution in [0.3, 0.4) is 0 Å². The fourth-order valence-electron chi connectivity index (χ4n) is 5.26. The van der Waals surface area contributed by atoms with Crippen molar-refractivity contribution >= 4 is 28.7 Å². The Labute approximate surface area is 211 Å². The summed E-state index contributed by atoms with van der Waals surface area (Å²) in [6.45, 7) is 0.933. The summed E-state index contributed by atoms with van der Waals surface area (Å²) in [6.07, 6.45) is 2.30. The van der Waals surface area contributed by atoms with E-state index >= 15 is 0 Å². The molecule has 1 unspecified atom stereocenters. The van der Waals surface area contributed by atoms with E-state index in [4.69, 9.17) is 14.2 Å². The molecule has 0 aromatic carbocycles. The smallest absolute Gasteiger partial charge is 0.270 e. The van der Waals surface area contributed by atoms with Crippen LogP contribution in [-0.2, 0) is 16.1 Å². The van der Waals surface area contributed by atoms with Crippen molar-refractivity contribution in [3.8, 4) is 11.6 Å². The number of nitrogens with zero attached hydrogens (tertiary/aromatic N) is 5. The third-order valence-corrected chi connectivity index (χ3v) is 7.02. The predicted molar refractivity (Wildman–Crippen MR) is 132 cm³/mol. The number of aromatic nitrogens is 4. The molecule has 2 fully saturated rings. The molecule has 3 aliphatic rings. The molecular weight excluding hydrogens is 482 g/mol. The third-order valence-electron chi connectivity index (χ3n) is 7.02. The van der Waals surface area contributed by atoms with Crippen molar-refractivity contribution in [2.24, 2.45) is 0 Å². The Morgan fingerprint density at radius 2 is 2.11 bits per heavy atom. The monoisotopic (exact) mass is 509 g/mol. The van der Waals surface area contributed by atoms with E-state index < -0.39 is 6.41 Å². The number of hydrogen-bond donors (Lipinski definition) is 3. The van der Waals surface area contributed by atoms with Crippen molar-refractivity contribution in [2.45, 2.75) is 50.4 Å².